The van der Waals surface area contributed by atoms with Crippen molar-refractivity contribution in [3.8, 4) is 0 Å². The number of rotatable bonds is 19. The molecule has 412 valence electrons. The number of nitrogens with two attached hydrogens (primary N) is 6. The van der Waals surface area contributed by atoms with Crippen LogP contribution in [0.4, 0.5) is 0 Å². The van der Waals surface area contributed by atoms with Gasteiger partial charge in [-0.15, -0.1) is 0 Å². The van der Waals surface area contributed by atoms with Crippen molar-refractivity contribution in [1.82, 2.24) is 47.5 Å². The van der Waals surface area contributed by atoms with Crippen molar-refractivity contribution in [3.05, 3.63) is 71.9 Å². The third-order valence-corrected chi connectivity index (χ3v) is 12.1. The van der Waals surface area contributed by atoms with E-state index in [0.717, 1.165) is 10.9 Å². The fraction of sp³-hybridized carbons (Fsp3) is 0.469. The first-order valence-corrected chi connectivity index (χ1v) is 24.8. The van der Waals surface area contributed by atoms with Gasteiger partial charge in [-0.25, -0.2) is 0 Å². The highest BCUT2D eigenvalue weighted by atomic mass is 16.2. The Balaban J connectivity index is 1.78. The zero-order valence-corrected chi connectivity index (χ0v) is 42.4. The molecule has 27 nitrogen and oxygen atoms in total. The average Bonchev–Trinajstić information content (AvgIpc) is 3.78. The van der Waals surface area contributed by atoms with E-state index in [1.54, 1.807) is 48.7 Å². The van der Waals surface area contributed by atoms with Crippen LogP contribution in [-0.2, 0) is 60.8 Å². The summed E-state index contributed by atoms with van der Waals surface area (Å²) in [5, 5.41) is 21.8. The molecule has 0 aliphatic carbocycles. The van der Waals surface area contributed by atoms with E-state index in [-0.39, 0.29) is 102 Å². The number of fused-ring (bicyclic) bond motifs is 1. The molecule has 10 amide bonds. The monoisotopic (exact) mass is 1060 g/mol. The molecule has 1 fully saturated rings. The Bertz CT molecular complexity index is 2580. The molecule has 27 heteroatoms. The molecule has 2 heterocycles. The topological polar surface area (TPSA) is 464 Å². The zero-order chi connectivity index (χ0) is 55.7. The number of para-hydroxylation sites is 1. The maximum absolute atomic E-state index is 14.6. The Morgan fingerprint density at radius 2 is 1.25 bits per heavy atom. The molecule has 76 heavy (non-hydrogen) atoms. The Morgan fingerprint density at radius 1 is 0.671 bits per heavy atom. The SMILES string of the molecule is CC(=O)N[C@@H](CCCN=C(N)N)C(=O)N[C@H]1CCCNC(=O)CCC(C(N)=O)NC(=O)[C@H](Cc2c[nH]c3ccccc23)NC(=O)[C@H](CCCN=C(N)N)NC(=O)[C@@H](Cc2ccccc2)NC(=O)[C@H](CCC(N)=O)NC1=O. The van der Waals surface area contributed by atoms with Gasteiger partial charge in [0.1, 0.15) is 42.3 Å². The van der Waals surface area contributed by atoms with Gasteiger partial charge in [0.15, 0.2) is 11.9 Å². The first-order chi connectivity index (χ1) is 36.2. The zero-order valence-electron chi connectivity index (χ0n) is 42.4. The Kier molecular flexibility index (Phi) is 23.9. The van der Waals surface area contributed by atoms with Crippen LogP contribution in [0, 0.1) is 0 Å². The highest BCUT2D eigenvalue weighted by Crippen LogP contribution is 2.20. The molecule has 2 aromatic carbocycles. The van der Waals surface area contributed by atoms with Crippen molar-refractivity contribution in [2.45, 2.75) is 126 Å². The van der Waals surface area contributed by atoms with Crippen molar-refractivity contribution < 1.29 is 47.9 Å². The molecule has 1 saturated heterocycles. The first kappa shape index (κ1) is 59.8. The number of benzene rings is 2. The molecule has 21 N–H and O–H groups in total. The Labute approximate surface area is 438 Å². The minimum Gasteiger partial charge on any atom is -0.370 e. The van der Waals surface area contributed by atoms with Crippen LogP contribution < -0.4 is 76.9 Å². The normalized spacial score (nSPS) is 20.9. The predicted molar refractivity (Wildman–Crippen MR) is 280 cm³/mol. The van der Waals surface area contributed by atoms with E-state index in [4.69, 9.17) is 34.4 Å². The highest BCUT2D eigenvalue weighted by Gasteiger charge is 2.35. The minimum absolute atomic E-state index is 0.0231. The number of guanidine groups is 2. The molecule has 0 bridgehead atoms. The summed E-state index contributed by atoms with van der Waals surface area (Å²) in [5.74, 6) is -8.62. The molecule has 7 atom stereocenters. The number of amides is 10. The van der Waals surface area contributed by atoms with Crippen molar-refractivity contribution >= 4 is 81.9 Å². The predicted octanol–water partition coefficient (Wildman–Crippen LogP) is -4.09. The molecule has 0 spiro atoms. The number of primary amides is 2. The number of aromatic nitrogens is 1. The summed E-state index contributed by atoms with van der Waals surface area (Å²) < 4.78 is 0. The van der Waals surface area contributed by atoms with Gasteiger partial charge in [-0.2, -0.15) is 0 Å². The molecule has 4 rings (SSSR count). The molecule has 1 aliphatic rings. The van der Waals surface area contributed by atoms with E-state index < -0.39 is 108 Å². The number of nitrogens with one attached hydrogen (secondary N) is 9. The van der Waals surface area contributed by atoms with Crippen LogP contribution in [-0.4, -0.2) is 138 Å². The van der Waals surface area contributed by atoms with E-state index in [9.17, 15) is 47.9 Å². The summed E-state index contributed by atoms with van der Waals surface area (Å²) in [4.78, 5) is 147. The summed E-state index contributed by atoms with van der Waals surface area (Å²) in [5.41, 5.74) is 35.1. The second kappa shape index (κ2) is 30.4. The number of carbonyl (C=O) groups excluding carboxylic acids is 10. The second-order valence-electron chi connectivity index (χ2n) is 18.2. The van der Waals surface area contributed by atoms with Crippen LogP contribution in [0.2, 0.25) is 0 Å². The number of H-pyrrole nitrogens is 1. The number of hydrogen-bond acceptors (Lipinski definition) is 12. The lowest BCUT2D eigenvalue weighted by Gasteiger charge is -2.28. The minimum atomic E-state index is -1.56. The maximum Gasteiger partial charge on any atom is 0.243 e. The lowest BCUT2D eigenvalue weighted by atomic mass is 10.0. The van der Waals surface area contributed by atoms with Gasteiger partial charge in [-0.3, -0.25) is 57.9 Å². The molecule has 0 radical (unpaired) electrons. The quantitative estimate of drug-likeness (QED) is 0.0309. The van der Waals surface area contributed by atoms with Gasteiger partial charge in [-0.05, 0) is 68.6 Å². The van der Waals surface area contributed by atoms with E-state index in [1.807, 2.05) is 12.1 Å². The highest BCUT2D eigenvalue weighted by molar-refractivity contribution is 5.98. The number of hydrogen-bond donors (Lipinski definition) is 15. The van der Waals surface area contributed by atoms with Crippen molar-refractivity contribution in [3.63, 3.8) is 0 Å². The number of nitrogens with zero attached hydrogens (tertiary/aromatic N) is 2. The summed E-state index contributed by atoms with van der Waals surface area (Å²) in [7, 11) is 0. The van der Waals surface area contributed by atoms with E-state index >= 15 is 0 Å². The fourth-order valence-electron chi connectivity index (χ4n) is 8.22. The maximum atomic E-state index is 14.6. The third-order valence-electron chi connectivity index (χ3n) is 12.1. The van der Waals surface area contributed by atoms with Gasteiger partial charge in [0.25, 0.3) is 0 Å². The molecule has 1 aromatic heterocycles. The summed E-state index contributed by atoms with van der Waals surface area (Å²) in [6.45, 7) is 1.25. The van der Waals surface area contributed by atoms with Gasteiger partial charge in [0.05, 0.1) is 0 Å². The van der Waals surface area contributed by atoms with Crippen molar-refractivity contribution in [2.24, 2.45) is 44.4 Å². The Hall–Kier alpha value is -8.78. The Morgan fingerprint density at radius 3 is 1.89 bits per heavy atom. The van der Waals surface area contributed by atoms with Gasteiger partial charge in [0.2, 0.25) is 59.1 Å². The number of carbonyl (C=O) groups is 10. The lowest BCUT2D eigenvalue weighted by molar-refractivity contribution is -0.136. The van der Waals surface area contributed by atoms with Crippen LogP contribution >= 0.6 is 0 Å². The summed E-state index contributed by atoms with van der Waals surface area (Å²) in [6, 6.07) is 5.87. The number of aromatic amines is 1. The molecule has 1 unspecified atom stereocenters. The number of aliphatic imine (C=N–C) groups is 2. The summed E-state index contributed by atoms with van der Waals surface area (Å²) in [6.07, 6.45) is 0.170. The van der Waals surface area contributed by atoms with Gasteiger partial charge in [-0.1, -0.05) is 48.5 Å². The standard InChI is InChI=1S/C49H71N17O10/c1-27(67)60-33(14-8-22-57-48(52)53)42(71)62-34-15-7-21-56-40(69)20-18-32(41(51)70)61-47(76)38(25-29-26-59-31-13-6-5-12-30(29)31)66-44(73)35(16-9-23-58-49(54)55)63-46(75)37(24-28-10-3-2-4-11-28)65-45(74)36(64-43(34)72)17-19-39(50)68/h2-6,10-13,26,32-38,59H,7-9,14-25H2,1H3,(H2,50,68)(H2,51,70)(H,56,69)(H,60,67)(H,61,76)(H,62,71)(H,63,75)(H,64,72)(H,65,74)(H,66,73)(H4,52,53,57)(H4,54,55,58)/t32?,33-,34-,35-,36-,37+,38-/m0/s1. The van der Waals surface area contributed by atoms with Crippen molar-refractivity contribution in [1.29, 1.82) is 0 Å². The molecule has 3 aromatic rings. The van der Waals surface area contributed by atoms with E-state index in [2.05, 4.69) is 57.5 Å². The second-order valence-corrected chi connectivity index (χ2v) is 18.2. The molecule has 0 saturated carbocycles. The lowest BCUT2D eigenvalue weighted by Crippen LogP contribution is -2.60. The van der Waals surface area contributed by atoms with Gasteiger partial charge >= 0.3 is 0 Å². The summed E-state index contributed by atoms with van der Waals surface area (Å²) >= 11 is 0. The van der Waals surface area contributed by atoms with Crippen LogP contribution in [0.25, 0.3) is 10.9 Å². The fourth-order valence-corrected chi connectivity index (χ4v) is 8.22. The van der Waals surface area contributed by atoms with Crippen LogP contribution in [0.3, 0.4) is 0 Å². The van der Waals surface area contributed by atoms with Gasteiger partial charge < -0.3 is 81.9 Å². The largest absolute Gasteiger partial charge is 0.370 e. The first-order valence-electron chi connectivity index (χ1n) is 24.8. The molecular formula is C49H71N17O10. The third kappa shape index (κ3) is 20.6. The molecule has 1 aliphatic heterocycles. The molecular weight excluding hydrogens is 987 g/mol. The van der Waals surface area contributed by atoms with E-state index in [1.165, 1.54) is 6.92 Å². The van der Waals surface area contributed by atoms with Crippen LogP contribution in [0.1, 0.15) is 82.3 Å². The smallest absolute Gasteiger partial charge is 0.243 e. The van der Waals surface area contributed by atoms with E-state index in [0.29, 0.717) is 11.1 Å². The van der Waals surface area contributed by atoms with Gasteiger partial charge in [0, 0.05) is 69.3 Å². The van der Waals surface area contributed by atoms with Crippen molar-refractivity contribution in [2.75, 3.05) is 19.6 Å². The average molecular weight is 1060 g/mol. The van der Waals surface area contributed by atoms with Crippen LogP contribution in [0.5, 0.6) is 0 Å². The van der Waals surface area contributed by atoms with Crippen LogP contribution in [0.15, 0.2) is 70.8 Å².